The van der Waals surface area contributed by atoms with Gasteiger partial charge in [-0.15, -0.1) is 0 Å². The van der Waals surface area contributed by atoms with Crippen molar-refractivity contribution in [1.29, 1.82) is 0 Å². The standard InChI is InChI=1S/C37H47NO7/c1-30(2)24(41-30)16-19-10-9-11-22-25(19)21-17-20-12-15-37(39)33(7,34(20,8)26(21)38-22)14-13-23-35(37)18-36(45-35)29(40-23)32(5,6)43-28(44-36)27-31(3,4)42-27/h9-11,13,20,24,27-29,38-39H,12,14-18H2,1-8H3/t20-,24?,27?,28?,29?,33+,34+,35?,36?,37-/m0/s1. The first-order chi connectivity index (χ1) is 21.0. The summed E-state index contributed by atoms with van der Waals surface area (Å²) in [6.45, 7) is 17.3. The summed E-state index contributed by atoms with van der Waals surface area (Å²) in [5, 5.41) is 14.7. The third kappa shape index (κ3) is 3.04. The maximum atomic E-state index is 13.3. The number of fused-ring (bicyclic) bond motifs is 7. The number of epoxide rings is 2. The van der Waals surface area contributed by atoms with Crippen LogP contribution in [0.25, 0.3) is 10.9 Å². The van der Waals surface area contributed by atoms with Crippen molar-refractivity contribution >= 4 is 10.9 Å². The van der Waals surface area contributed by atoms with Gasteiger partial charge in [0, 0.05) is 40.3 Å². The zero-order valence-electron chi connectivity index (χ0n) is 27.8. The second kappa shape index (κ2) is 7.68. The van der Waals surface area contributed by atoms with Crippen molar-refractivity contribution in [2.75, 3.05) is 0 Å². The second-order valence-electron chi connectivity index (χ2n) is 17.6. The van der Waals surface area contributed by atoms with Gasteiger partial charge in [0.1, 0.15) is 23.1 Å². The van der Waals surface area contributed by atoms with Gasteiger partial charge >= 0.3 is 0 Å². The van der Waals surface area contributed by atoms with Crippen molar-refractivity contribution in [2.24, 2.45) is 11.3 Å². The van der Waals surface area contributed by atoms with Gasteiger partial charge in [0.25, 0.3) is 0 Å². The Balaban J connectivity index is 1.05. The van der Waals surface area contributed by atoms with Crippen LogP contribution in [0.4, 0.5) is 0 Å². The maximum absolute atomic E-state index is 13.3. The zero-order valence-corrected chi connectivity index (χ0v) is 27.8. The smallest absolute Gasteiger partial charge is 0.215 e. The van der Waals surface area contributed by atoms with Crippen LogP contribution in [0.2, 0.25) is 0 Å². The van der Waals surface area contributed by atoms with Gasteiger partial charge in [-0.25, -0.2) is 0 Å². The molecule has 45 heavy (non-hydrogen) atoms. The molecular weight excluding hydrogens is 570 g/mol. The van der Waals surface area contributed by atoms with Crippen LogP contribution in [0, 0.1) is 11.3 Å². The number of hydrogen-bond donors (Lipinski definition) is 2. The van der Waals surface area contributed by atoms with Gasteiger partial charge in [-0.2, -0.15) is 0 Å². The van der Waals surface area contributed by atoms with Crippen LogP contribution in [0.5, 0.6) is 0 Å². The molecule has 0 amide bonds. The van der Waals surface area contributed by atoms with Crippen LogP contribution in [-0.2, 0) is 46.7 Å². The van der Waals surface area contributed by atoms with E-state index < -0.39 is 40.4 Å². The van der Waals surface area contributed by atoms with E-state index in [-0.39, 0.29) is 28.8 Å². The summed E-state index contributed by atoms with van der Waals surface area (Å²) in [4.78, 5) is 3.93. The van der Waals surface area contributed by atoms with Crippen molar-refractivity contribution in [1.82, 2.24) is 4.98 Å². The van der Waals surface area contributed by atoms with E-state index >= 15 is 0 Å². The highest BCUT2D eigenvalue weighted by Crippen LogP contribution is 2.75. The predicted octanol–water partition coefficient (Wildman–Crippen LogP) is 5.72. The first-order valence-corrected chi connectivity index (χ1v) is 17.1. The van der Waals surface area contributed by atoms with E-state index in [0.29, 0.717) is 25.2 Å². The molecule has 7 heterocycles. The van der Waals surface area contributed by atoms with Crippen molar-refractivity contribution in [2.45, 2.75) is 158 Å². The average Bonchev–Trinajstić information content (AvgIpc) is 3.64. The minimum Gasteiger partial charge on any atom is -0.483 e. The number of aliphatic hydroxyl groups is 1. The number of aromatic amines is 1. The largest absolute Gasteiger partial charge is 0.483 e. The molecule has 6 unspecified atom stereocenters. The van der Waals surface area contributed by atoms with Crippen molar-refractivity contribution in [3.05, 3.63) is 46.9 Å². The molecule has 10 atom stereocenters. The van der Waals surface area contributed by atoms with Gasteiger partial charge in [-0.1, -0.05) is 26.0 Å². The number of aromatic nitrogens is 1. The fraction of sp³-hybridized carbons (Fsp3) is 0.730. The van der Waals surface area contributed by atoms with Gasteiger partial charge in [-0.3, -0.25) is 0 Å². The molecule has 6 aliphatic heterocycles. The Morgan fingerprint density at radius 1 is 0.933 bits per heavy atom. The fourth-order valence-corrected chi connectivity index (χ4v) is 11.3. The monoisotopic (exact) mass is 617 g/mol. The van der Waals surface area contributed by atoms with Crippen LogP contribution in [0.1, 0.15) is 97.9 Å². The molecule has 2 spiro atoms. The Kier molecular flexibility index (Phi) is 4.80. The quantitative estimate of drug-likeness (QED) is 0.425. The lowest BCUT2D eigenvalue weighted by molar-refractivity contribution is -0.540. The van der Waals surface area contributed by atoms with E-state index in [1.54, 1.807) is 0 Å². The maximum Gasteiger partial charge on any atom is 0.215 e. The summed E-state index contributed by atoms with van der Waals surface area (Å²) in [6, 6.07) is 6.65. The highest BCUT2D eigenvalue weighted by Gasteiger charge is 2.85. The molecule has 2 bridgehead atoms. The summed E-state index contributed by atoms with van der Waals surface area (Å²) >= 11 is 0. The Hall–Kier alpha value is -1.94. The van der Waals surface area contributed by atoms with Crippen LogP contribution in [0.15, 0.2) is 30.0 Å². The van der Waals surface area contributed by atoms with Gasteiger partial charge in [0.05, 0.1) is 17.3 Å². The lowest BCUT2D eigenvalue weighted by Crippen LogP contribution is -2.88. The number of hydrogen-bond acceptors (Lipinski definition) is 7. The normalized spacial score (nSPS) is 50.2. The Bertz CT molecular complexity index is 1710. The molecule has 1 saturated carbocycles. The van der Waals surface area contributed by atoms with E-state index in [9.17, 15) is 5.11 Å². The Morgan fingerprint density at radius 2 is 1.67 bits per heavy atom. The fourth-order valence-electron chi connectivity index (χ4n) is 11.3. The molecular formula is C37H47NO7. The van der Waals surface area contributed by atoms with Crippen LogP contribution < -0.4 is 0 Å². The molecule has 0 radical (unpaired) electrons. The second-order valence-corrected chi connectivity index (χ2v) is 17.6. The Morgan fingerprint density at radius 3 is 2.36 bits per heavy atom. The molecule has 11 rings (SSSR count). The van der Waals surface area contributed by atoms with Crippen molar-refractivity contribution in [3.8, 4) is 0 Å². The molecule has 242 valence electrons. The summed E-state index contributed by atoms with van der Waals surface area (Å²) in [7, 11) is 0. The van der Waals surface area contributed by atoms with Crippen molar-refractivity contribution < 1.29 is 33.5 Å². The van der Waals surface area contributed by atoms with E-state index in [1.165, 1.54) is 27.7 Å². The summed E-state index contributed by atoms with van der Waals surface area (Å²) in [5.74, 6) is 0.180. The van der Waals surface area contributed by atoms with E-state index in [0.717, 1.165) is 25.0 Å². The molecule has 3 aliphatic carbocycles. The van der Waals surface area contributed by atoms with Crippen LogP contribution >= 0.6 is 0 Å². The first kappa shape index (κ1) is 28.1. The third-order valence-electron chi connectivity index (χ3n) is 14.2. The molecule has 9 aliphatic rings. The van der Waals surface area contributed by atoms with Crippen LogP contribution in [-0.4, -0.2) is 68.5 Å². The van der Waals surface area contributed by atoms with Crippen LogP contribution in [0.3, 0.4) is 0 Å². The summed E-state index contributed by atoms with van der Waals surface area (Å²) in [6.07, 6.45) is 6.08. The molecule has 1 aromatic heterocycles. The molecule has 8 nitrogen and oxygen atoms in total. The lowest BCUT2D eigenvalue weighted by Gasteiger charge is -2.76. The Labute approximate surface area is 265 Å². The molecule has 2 N–H and O–H groups in total. The number of nitrogens with one attached hydrogen (secondary N) is 1. The minimum atomic E-state index is -1.14. The number of benzene rings is 1. The van der Waals surface area contributed by atoms with E-state index in [4.69, 9.17) is 28.4 Å². The van der Waals surface area contributed by atoms with Crippen molar-refractivity contribution in [3.63, 3.8) is 0 Å². The average molecular weight is 618 g/mol. The number of rotatable bonds is 3. The van der Waals surface area contributed by atoms with E-state index in [2.05, 4.69) is 70.8 Å². The molecule has 1 aromatic carbocycles. The van der Waals surface area contributed by atoms with Gasteiger partial charge in [0.2, 0.25) is 5.79 Å². The van der Waals surface area contributed by atoms with Gasteiger partial charge < -0.3 is 38.5 Å². The summed E-state index contributed by atoms with van der Waals surface area (Å²) in [5.41, 5.74) is 1.37. The lowest BCUT2D eigenvalue weighted by atomic mass is 9.40. The topological polar surface area (TPSA) is 98.0 Å². The summed E-state index contributed by atoms with van der Waals surface area (Å²) < 4.78 is 39.0. The molecule has 8 heteroatoms. The number of H-pyrrole nitrogens is 1. The highest BCUT2D eigenvalue weighted by atomic mass is 16.9. The predicted molar refractivity (Wildman–Crippen MR) is 166 cm³/mol. The highest BCUT2D eigenvalue weighted by molar-refractivity contribution is 5.89. The third-order valence-corrected chi connectivity index (χ3v) is 14.2. The number of ether oxygens (including phenoxy) is 6. The van der Waals surface area contributed by atoms with E-state index in [1.807, 2.05) is 13.8 Å². The molecule has 2 aromatic rings. The molecule has 6 saturated heterocycles. The first-order valence-electron chi connectivity index (χ1n) is 17.1. The van der Waals surface area contributed by atoms with Gasteiger partial charge in [0.15, 0.2) is 18.0 Å². The SMILES string of the molecule is CC1(C)OC1Cc1cccc2[nH]c3c(c12)C[C@@H]1CC[C@@]2(O)C45CC6(OC(C7OC7(C)C)OC(C)(C)C6OC4=CC[C@]2(C)[C@@]31C)O5. The molecule has 7 fully saturated rings. The number of allylic oxidation sites excluding steroid dienone is 1. The minimum absolute atomic E-state index is 0.0521. The van der Waals surface area contributed by atoms with Gasteiger partial charge in [-0.05, 0) is 96.4 Å². The zero-order chi connectivity index (χ0) is 31.4.